The van der Waals surface area contributed by atoms with Gasteiger partial charge in [-0.15, -0.1) is 11.8 Å². The van der Waals surface area contributed by atoms with E-state index in [1.165, 1.54) is 23.9 Å². The molecule has 3 heterocycles. The second-order valence-corrected chi connectivity index (χ2v) is 6.38. The lowest BCUT2D eigenvalue weighted by Crippen LogP contribution is -2.29. The van der Waals surface area contributed by atoms with E-state index >= 15 is 0 Å². The maximum Gasteiger partial charge on any atom is 0.235 e. The fourth-order valence-electron chi connectivity index (χ4n) is 2.37. The zero-order valence-electron chi connectivity index (χ0n) is 12.9. The van der Waals surface area contributed by atoms with Crippen LogP contribution < -0.4 is 0 Å². The molecule has 0 bridgehead atoms. The van der Waals surface area contributed by atoms with Crippen LogP contribution in [0.3, 0.4) is 0 Å². The number of carbonyl (C=O) groups is 2. The Balaban J connectivity index is 0.000000227. The zero-order valence-corrected chi connectivity index (χ0v) is 13.8. The van der Waals surface area contributed by atoms with Crippen LogP contribution in [0.25, 0.3) is 0 Å². The van der Waals surface area contributed by atoms with Crippen molar-refractivity contribution >= 4 is 29.4 Å². The fourth-order valence-corrected chi connectivity index (χ4v) is 2.55. The Morgan fingerprint density at radius 1 is 1.04 bits per heavy atom. The minimum Gasteiger partial charge on any atom is -0.365 e. The number of nitrogens with zero attached hydrogens (tertiary/aromatic N) is 4. The monoisotopic (exact) mass is 334 g/mol. The molecule has 1 aliphatic carbocycles. The summed E-state index contributed by atoms with van der Waals surface area (Å²) in [6.07, 6.45) is 4.82. The Labute approximate surface area is 138 Å². The molecule has 0 atom stereocenters. The number of Topliss-reactive ketones (excluding diaryl/α,β-unsaturated/α-hetero) is 1. The Morgan fingerprint density at radius 3 is 2.04 bits per heavy atom. The molecular weight excluding hydrogens is 316 g/mol. The number of thioether (sulfide) groups is 1. The molecule has 23 heavy (non-hydrogen) atoms. The van der Waals surface area contributed by atoms with E-state index in [-0.39, 0.29) is 11.6 Å². The average molecular weight is 334 g/mol. The van der Waals surface area contributed by atoms with Crippen molar-refractivity contribution < 1.29 is 14.4 Å². The summed E-state index contributed by atoms with van der Waals surface area (Å²) in [5.74, 6) is 0.580. The van der Waals surface area contributed by atoms with Crippen LogP contribution in [0.5, 0.6) is 0 Å². The van der Waals surface area contributed by atoms with E-state index in [9.17, 15) is 14.4 Å². The molecule has 0 spiro atoms. The van der Waals surface area contributed by atoms with E-state index in [4.69, 9.17) is 0 Å². The molecule has 0 radical (unpaired) electrons. The van der Waals surface area contributed by atoms with Crippen LogP contribution in [0.4, 0.5) is 0 Å². The molecule has 8 heteroatoms. The number of hydrogen-bond acceptors (Lipinski definition) is 8. The average Bonchev–Trinajstić information content (AvgIpc) is 3.41. The predicted octanol–water partition coefficient (Wildman–Crippen LogP) is -0.177. The molecule has 0 amide bonds. The first-order valence-corrected chi connectivity index (χ1v) is 8.89. The van der Waals surface area contributed by atoms with Gasteiger partial charge in [0.2, 0.25) is 17.6 Å². The van der Waals surface area contributed by atoms with Crippen molar-refractivity contribution in [2.24, 2.45) is 4.99 Å². The highest BCUT2D eigenvalue weighted by atomic mass is 32.2. The lowest BCUT2D eigenvalue weighted by molar-refractivity contribution is -0.117. The van der Waals surface area contributed by atoms with Crippen LogP contribution in [-0.4, -0.2) is 83.7 Å². The van der Waals surface area contributed by atoms with Gasteiger partial charge in [-0.2, -0.15) is 4.99 Å². The molecule has 7 nitrogen and oxygen atoms in total. The van der Waals surface area contributed by atoms with Gasteiger partial charge in [0.05, 0.1) is 11.6 Å². The molecule has 4 rings (SSSR count). The minimum atomic E-state index is 0.00546. The first-order valence-electron chi connectivity index (χ1n) is 7.49. The first kappa shape index (κ1) is 15.8. The van der Waals surface area contributed by atoms with E-state index < -0.39 is 0 Å². The summed E-state index contributed by atoms with van der Waals surface area (Å²) in [5, 5.41) is 0. The second-order valence-electron chi connectivity index (χ2n) is 5.55. The molecule has 0 aromatic heterocycles. The van der Waals surface area contributed by atoms with Gasteiger partial charge in [0.15, 0.2) is 0 Å². The predicted molar refractivity (Wildman–Crippen MR) is 86.3 cm³/mol. The highest BCUT2D eigenvalue weighted by Gasteiger charge is 2.43. The van der Waals surface area contributed by atoms with Crippen molar-refractivity contribution in [1.29, 1.82) is 0 Å². The lowest BCUT2D eigenvalue weighted by atomic mass is 10.0. The molecule has 4 aliphatic rings. The van der Waals surface area contributed by atoms with Crippen molar-refractivity contribution in [2.45, 2.75) is 0 Å². The van der Waals surface area contributed by atoms with Crippen LogP contribution in [0.2, 0.25) is 0 Å². The van der Waals surface area contributed by atoms with Crippen LogP contribution >= 0.6 is 11.8 Å². The van der Waals surface area contributed by atoms with Gasteiger partial charge in [-0.05, 0) is 6.26 Å². The van der Waals surface area contributed by atoms with E-state index in [0.717, 1.165) is 39.3 Å². The number of rotatable bonds is 5. The third-order valence-corrected chi connectivity index (χ3v) is 4.13. The third kappa shape index (κ3) is 3.65. The number of aliphatic imine (C=N–C) groups is 1. The molecule has 3 aliphatic heterocycles. The molecular formula is C15H18N4O3S. The summed E-state index contributed by atoms with van der Waals surface area (Å²) in [6, 6.07) is 0. The summed E-state index contributed by atoms with van der Waals surface area (Å²) < 4.78 is 0. The van der Waals surface area contributed by atoms with E-state index in [1.807, 2.05) is 21.0 Å². The quantitative estimate of drug-likeness (QED) is 0.299. The molecule has 0 unspecified atom stereocenters. The second kappa shape index (κ2) is 6.60. The zero-order chi connectivity index (χ0) is 16.4. The Kier molecular flexibility index (Phi) is 4.54. The Bertz CT molecular complexity index is 639. The summed E-state index contributed by atoms with van der Waals surface area (Å²) in [4.78, 5) is 43.0. The van der Waals surface area contributed by atoms with Crippen LogP contribution in [0, 0.1) is 0 Å². The standard InChI is InChI=1S/C12H13N3O2.C3H5NOS/c16-9-7-8(13-1-2-13)12(17)11(15-5-6-15)10(9)14-3-4-14;1-6-3-4-2-5/h7H,1-6H2;3H2,1H3. The van der Waals surface area contributed by atoms with Gasteiger partial charge in [0, 0.05) is 45.3 Å². The van der Waals surface area contributed by atoms with Gasteiger partial charge < -0.3 is 14.7 Å². The number of isocyanates is 1. The first-order chi connectivity index (χ1) is 11.2. The van der Waals surface area contributed by atoms with Crippen molar-refractivity contribution in [1.82, 2.24) is 14.7 Å². The van der Waals surface area contributed by atoms with Gasteiger partial charge in [-0.1, -0.05) is 0 Å². The number of carbonyl (C=O) groups excluding carboxylic acids is 3. The van der Waals surface area contributed by atoms with E-state index in [0.29, 0.717) is 23.0 Å². The highest BCUT2D eigenvalue weighted by molar-refractivity contribution is 7.98. The maximum absolute atomic E-state index is 12.4. The van der Waals surface area contributed by atoms with Gasteiger partial charge in [0.25, 0.3) is 0 Å². The SMILES string of the molecule is CSCN=C=O.O=C1C=C(N2CC2)C(=O)C(N2CC2)=C1N1CC1. The summed E-state index contributed by atoms with van der Waals surface area (Å²) in [5.41, 5.74) is 1.89. The van der Waals surface area contributed by atoms with E-state index in [2.05, 4.69) is 4.99 Å². The maximum atomic E-state index is 12.4. The van der Waals surface area contributed by atoms with Gasteiger partial charge >= 0.3 is 0 Å². The molecule has 3 fully saturated rings. The molecule has 0 N–H and O–H groups in total. The molecule has 0 aromatic rings. The molecule has 0 saturated carbocycles. The van der Waals surface area contributed by atoms with Crippen LogP contribution in [-0.2, 0) is 14.4 Å². The van der Waals surface area contributed by atoms with Crippen molar-refractivity contribution in [3.05, 3.63) is 23.2 Å². The molecule has 0 aromatic carbocycles. The van der Waals surface area contributed by atoms with Crippen LogP contribution in [0.15, 0.2) is 28.2 Å². The van der Waals surface area contributed by atoms with Gasteiger partial charge in [-0.25, -0.2) is 4.79 Å². The van der Waals surface area contributed by atoms with Crippen LogP contribution in [0.1, 0.15) is 0 Å². The molecule has 122 valence electrons. The number of allylic oxidation sites excluding steroid dienone is 1. The largest absolute Gasteiger partial charge is 0.365 e. The summed E-state index contributed by atoms with van der Waals surface area (Å²) in [6.45, 7) is 5.41. The highest BCUT2D eigenvalue weighted by Crippen LogP contribution is 2.33. The van der Waals surface area contributed by atoms with E-state index in [1.54, 1.807) is 0 Å². The van der Waals surface area contributed by atoms with Crippen molar-refractivity contribution in [3.63, 3.8) is 0 Å². The van der Waals surface area contributed by atoms with Gasteiger partial charge in [0.1, 0.15) is 11.4 Å². The topological polar surface area (TPSA) is 72.6 Å². The smallest absolute Gasteiger partial charge is 0.235 e. The molecule has 3 saturated heterocycles. The summed E-state index contributed by atoms with van der Waals surface area (Å²) in [7, 11) is 0. The summed E-state index contributed by atoms with van der Waals surface area (Å²) >= 11 is 1.50. The van der Waals surface area contributed by atoms with Crippen molar-refractivity contribution in [3.8, 4) is 0 Å². The normalized spacial score (nSPS) is 21.4. The third-order valence-electron chi connectivity index (χ3n) is 3.75. The number of ketones is 2. The Morgan fingerprint density at radius 2 is 1.61 bits per heavy atom. The lowest BCUT2D eigenvalue weighted by Gasteiger charge is -2.21. The van der Waals surface area contributed by atoms with Gasteiger partial charge in [-0.3, -0.25) is 9.59 Å². The Hall–Kier alpha value is -2.05. The number of hydrogen-bond donors (Lipinski definition) is 0. The minimum absolute atomic E-state index is 0.00546. The fraction of sp³-hybridized carbons (Fsp3) is 0.533. The van der Waals surface area contributed by atoms with Crippen molar-refractivity contribution in [2.75, 3.05) is 51.4 Å².